The Morgan fingerprint density at radius 1 is 1.16 bits per heavy atom. The molecule has 0 bridgehead atoms. The zero-order chi connectivity index (χ0) is 13.7. The molecule has 2 aromatic carbocycles. The molecule has 1 atom stereocenters. The lowest BCUT2D eigenvalue weighted by Gasteiger charge is -2.15. The van der Waals surface area contributed by atoms with Crippen molar-refractivity contribution in [2.75, 3.05) is 12.9 Å². The summed E-state index contributed by atoms with van der Waals surface area (Å²) in [7, 11) is 1.68. The van der Waals surface area contributed by atoms with E-state index >= 15 is 0 Å². The number of benzene rings is 2. The van der Waals surface area contributed by atoms with Crippen LogP contribution in [0.25, 0.3) is 0 Å². The third-order valence-corrected chi connectivity index (χ3v) is 4.18. The first kappa shape index (κ1) is 14.0. The van der Waals surface area contributed by atoms with Gasteiger partial charge in [0.05, 0.1) is 7.11 Å². The normalized spacial score (nSPS) is 12.2. The lowest BCUT2D eigenvalue weighted by atomic mass is 10.0. The molecule has 2 N–H and O–H groups in total. The molecule has 3 heteroatoms. The van der Waals surface area contributed by atoms with Gasteiger partial charge in [-0.2, -0.15) is 0 Å². The molecule has 19 heavy (non-hydrogen) atoms. The van der Waals surface area contributed by atoms with Gasteiger partial charge in [-0.25, -0.2) is 0 Å². The van der Waals surface area contributed by atoms with E-state index in [-0.39, 0.29) is 6.04 Å². The predicted molar refractivity (Wildman–Crippen MR) is 81.8 cm³/mol. The molecule has 0 spiro atoms. The molecule has 2 nitrogen and oxygen atoms in total. The highest BCUT2D eigenvalue weighted by Gasteiger charge is 2.10. The van der Waals surface area contributed by atoms with Gasteiger partial charge in [-0.05, 0) is 42.3 Å². The SMILES string of the molecule is COc1ccc(C(N)CSc2ccccc2)c(C)c1. The Labute approximate surface area is 119 Å². The van der Waals surface area contributed by atoms with Crippen LogP contribution in [-0.2, 0) is 0 Å². The van der Waals surface area contributed by atoms with E-state index in [0.29, 0.717) is 0 Å². The van der Waals surface area contributed by atoms with Crippen molar-refractivity contribution < 1.29 is 4.74 Å². The van der Waals surface area contributed by atoms with E-state index in [0.717, 1.165) is 11.5 Å². The molecule has 2 rings (SSSR count). The highest BCUT2D eigenvalue weighted by atomic mass is 32.2. The van der Waals surface area contributed by atoms with Crippen molar-refractivity contribution >= 4 is 11.8 Å². The first-order valence-corrected chi connectivity index (χ1v) is 7.27. The van der Waals surface area contributed by atoms with E-state index < -0.39 is 0 Å². The van der Waals surface area contributed by atoms with Gasteiger partial charge < -0.3 is 10.5 Å². The lowest BCUT2D eigenvalue weighted by Crippen LogP contribution is -2.14. The van der Waals surface area contributed by atoms with Crippen LogP contribution in [0.5, 0.6) is 5.75 Å². The van der Waals surface area contributed by atoms with Crippen LogP contribution in [0.4, 0.5) is 0 Å². The van der Waals surface area contributed by atoms with E-state index in [2.05, 4.69) is 25.1 Å². The number of hydrogen-bond acceptors (Lipinski definition) is 3. The number of hydrogen-bond donors (Lipinski definition) is 1. The van der Waals surface area contributed by atoms with Crippen molar-refractivity contribution in [1.82, 2.24) is 0 Å². The van der Waals surface area contributed by atoms with Gasteiger partial charge in [-0.15, -0.1) is 11.8 Å². The van der Waals surface area contributed by atoms with Crippen LogP contribution in [-0.4, -0.2) is 12.9 Å². The van der Waals surface area contributed by atoms with Crippen LogP contribution >= 0.6 is 11.8 Å². The Balaban J connectivity index is 2.02. The maximum atomic E-state index is 6.27. The second-order valence-corrected chi connectivity index (χ2v) is 5.55. The van der Waals surface area contributed by atoms with E-state index in [1.807, 2.05) is 30.3 Å². The van der Waals surface area contributed by atoms with Crippen LogP contribution in [0.1, 0.15) is 17.2 Å². The average Bonchev–Trinajstić information content (AvgIpc) is 2.45. The van der Waals surface area contributed by atoms with Crippen molar-refractivity contribution in [3.63, 3.8) is 0 Å². The zero-order valence-electron chi connectivity index (χ0n) is 11.3. The smallest absolute Gasteiger partial charge is 0.119 e. The van der Waals surface area contributed by atoms with Crippen LogP contribution < -0.4 is 10.5 Å². The van der Waals surface area contributed by atoms with Crippen LogP contribution in [0.15, 0.2) is 53.4 Å². The maximum Gasteiger partial charge on any atom is 0.119 e. The first-order valence-electron chi connectivity index (χ1n) is 6.28. The minimum Gasteiger partial charge on any atom is -0.497 e. The van der Waals surface area contributed by atoms with Gasteiger partial charge in [0.1, 0.15) is 5.75 Å². The average molecular weight is 273 g/mol. The number of methoxy groups -OCH3 is 1. The van der Waals surface area contributed by atoms with Crippen LogP contribution in [0, 0.1) is 6.92 Å². The molecular formula is C16H19NOS. The van der Waals surface area contributed by atoms with E-state index in [4.69, 9.17) is 10.5 Å². The monoisotopic (exact) mass is 273 g/mol. The number of thioether (sulfide) groups is 1. The summed E-state index contributed by atoms with van der Waals surface area (Å²) in [4.78, 5) is 1.25. The van der Waals surface area contributed by atoms with Crippen LogP contribution in [0.3, 0.4) is 0 Å². The fourth-order valence-electron chi connectivity index (χ4n) is 1.98. The summed E-state index contributed by atoms with van der Waals surface area (Å²) in [5.74, 6) is 1.75. The molecule has 0 aliphatic rings. The van der Waals surface area contributed by atoms with Crippen molar-refractivity contribution in [1.29, 1.82) is 0 Å². The molecule has 0 fully saturated rings. The Morgan fingerprint density at radius 2 is 1.89 bits per heavy atom. The zero-order valence-corrected chi connectivity index (χ0v) is 12.1. The van der Waals surface area contributed by atoms with Gasteiger partial charge in [0, 0.05) is 16.7 Å². The summed E-state index contributed by atoms with van der Waals surface area (Å²) in [5.41, 5.74) is 8.64. The molecule has 0 aliphatic carbocycles. The molecule has 0 amide bonds. The Hall–Kier alpha value is -1.45. The molecular weight excluding hydrogens is 254 g/mol. The number of nitrogens with two attached hydrogens (primary N) is 1. The third kappa shape index (κ3) is 3.75. The highest BCUT2D eigenvalue weighted by molar-refractivity contribution is 7.99. The van der Waals surface area contributed by atoms with Gasteiger partial charge in [0.25, 0.3) is 0 Å². The van der Waals surface area contributed by atoms with Gasteiger partial charge in [-0.3, -0.25) is 0 Å². The third-order valence-electron chi connectivity index (χ3n) is 3.05. The Bertz CT molecular complexity index is 528. The summed E-state index contributed by atoms with van der Waals surface area (Å²) in [5, 5.41) is 0. The molecule has 0 heterocycles. The first-order chi connectivity index (χ1) is 9.20. The summed E-state index contributed by atoms with van der Waals surface area (Å²) >= 11 is 1.79. The molecule has 0 saturated carbocycles. The minimum atomic E-state index is 0.0381. The van der Waals surface area contributed by atoms with E-state index in [1.165, 1.54) is 16.0 Å². The summed E-state index contributed by atoms with van der Waals surface area (Å²) in [6, 6.07) is 16.4. The van der Waals surface area contributed by atoms with Gasteiger partial charge in [0.15, 0.2) is 0 Å². The molecule has 0 aromatic heterocycles. The van der Waals surface area contributed by atoms with E-state index in [9.17, 15) is 0 Å². The van der Waals surface area contributed by atoms with Crippen molar-refractivity contribution in [3.8, 4) is 5.75 Å². The molecule has 2 aromatic rings. The van der Waals surface area contributed by atoms with Gasteiger partial charge in [-0.1, -0.05) is 24.3 Å². The largest absolute Gasteiger partial charge is 0.497 e. The Kier molecular flexibility index (Phi) is 4.88. The molecule has 0 saturated heterocycles. The van der Waals surface area contributed by atoms with Crippen LogP contribution in [0.2, 0.25) is 0 Å². The second kappa shape index (κ2) is 6.64. The van der Waals surface area contributed by atoms with Crippen molar-refractivity contribution in [2.45, 2.75) is 17.9 Å². The molecule has 0 radical (unpaired) electrons. The fraction of sp³-hybridized carbons (Fsp3) is 0.250. The minimum absolute atomic E-state index is 0.0381. The highest BCUT2D eigenvalue weighted by Crippen LogP contribution is 2.26. The Morgan fingerprint density at radius 3 is 2.53 bits per heavy atom. The number of ether oxygens (including phenoxy) is 1. The van der Waals surface area contributed by atoms with Crippen molar-refractivity contribution in [2.24, 2.45) is 5.73 Å². The fourth-order valence-corrected chi connectivity index (χ4v) is 2.88. The lowest BCUT2D eigenvalue weighted by molar-refractivity contribution is 0.414. The summed E-state index contributed by atoms with van der Waals surface area (Å²) in [6.45, 7) is 2.07. The maximum absolute atomic E-state index is 6.27. The second-order valence-electron chi connectivity index (χ2n) is 4.45. The quantitative estimate of drug-likeness (QED) is 0.842. The summed E-state index contributed by atoms with van der Waals surface area (Å²) < 4.78 is 5.21. The standard InChI is InChI=1S/C16H19NOS/c1-12-10-13(18-2)8-9-15(12)16(17)11-19-14-6-4-3-5-7-14/h3-10,16H,11,17H2,1-2H3. The predicted octanol–water partition coefficient (Wildman–Crippen LogP) is 3.80. The van der Waals surface area contributed by atoms with Crippen molar-refractivity contribution in [3.05, 3.63) is 59.7 Å². The topological polar surface area (TPSA) is 35.2 Å². The molecule has 0 aliphatic heterocycles. The number of aryl methyl sites for hydroxylation is 1. The molecule has 1 unspecified atom stereocenters. The summed E-state index contributed by atoms with van der Waals surface area (Å²) in [6.07, 6.45) is 0. The van der Waals surface area contributed by atoms with Gasteiger partial charge >= 0.3 is 0 Å². The van der Waals surface area contributed by atoms with E-state index in [1.54, 1.807) is 18.9 Å². The molecule has 100 valence electrons. The number of rotatable bonds is 5. The van der Waals surface area contributed by atoms with Gasteiger partial charge in [0.2, 0.25) is 0 Å².